The van der Waals surface area contributed by atoms with E-state index in [1.807, 2.05) is 14.2 Å². The Morgan fingerprint density at radius 2 is 0.531 bits per heavy atom. The van der Waals surface area contributed by atoms with Crippen LogP contribution < -0.4 is 30.7 Å². The van der Waals surface area contributed by atoms with Crippen LogP contribution in [0.15, 0.2) is 109 Å². The van der Waals surface area contributed by atoms with Crippen LogP contribution in [0, 0.1) is 0 Å². The topological polar surface area (TPSA) is 18.5 Å². The van der Waals surface area contributed by atoms with Gasteiger partial charge in [-0.3, -0.25) is 0 Å². The van der Waals surface area contributed by atoms with Crippen LogP contribution in [-0.4, -0.2) is 38.9 Å². The average Bonchev–Trinajstić information content (AvgIpc) is 3.35. The van der Waals surface area contributed by atoms with E-state index >= 15 is 0 Å². The third-order valence-corrected chi connectivity index (χ3v) is 23.9. The minimum absolute atomic E-state index is 1.07. The lowest BCUT2D eigenvalue weighted by Crippen LogP contribution is -2.34. The summed E-state index contributed by atoms with van der Waals surface area (Å²) in [6.45, 7) is 4.62. The van der Waals surface area contributed by atoms with Crippen molar-refractivity contribution >= 4 is 35.7 Å². The van der Waals surface area contributed by atoms with Gasteiger partial charge in [0, 0.05) is 0 Å². The zero-order chi connectivity index (χ0) is 45.2. The summed E-state index contributed by atoms with van der Waals surface area (Å²) in [7, 11) is -0.0524. The second-order valence-electron chi connectivity index (χ2n) is 19.0. The average molecular weight is 909 g/mol. The third-order valence-electron chi connectivity index (χ3n) is 14.2. The first-order chi connectivity index (χ1) is 31.6. The SMILES string of the molecule is CCCCCCCCCCCCCCCC[P+](CC[P+](CCCCCCCCCCCCCCCC)(c1ccccc1)c1ccccc1OC)(c1ccccc1)c1ccccc1OC. The van der Waals surface area contributed by atoms with Gasteiger partial charge in [-0.25, -0.2) is 0 Å². The highest BCUT2D eigenvalue weighted by Crippen LogP contribution is 2.66. The molecule has 64 heavy (non-hydrogen) atoms. The predicted molar refractivity (Wildman–Crippen MR) is 291 cm³/mol. The zero-order valence-corrected chi connectivity index (χ0v) is 43.5. The Kier molecular flexibility index (Phi) is 28.5. The maximum atomic E-state index is 6.31. The highest BCUT2D eigenvalue weighted by molar-refractivity contribution is 7.93. The Labute approximate surface area is 396 Å². The van der Waals surface area contributed by atoms with Crippen molar-refractivity contribution in [3.05, 3.63) is 109 Å². The van der Waals surface area contributed by atoms with Gasteiger partial charge in [-0.05, 0) is 74.2 Å². The smallest absolute Gasteiger partial charge is 0.161 e. The lowest BCUT2D eigenvalue weighted by Gasteiger charge is -2.33. The molecule has 0 aliphatic rings. The van der Waals surface area contributed by atoms with Crippen molar-refractivity contribution in [3.63, 3.8) is 0 Å². The normalized spacial score (nSPS) is 13.4. The lowest BCUT2D eigenvalue weighted by molar-refractivity contribution is 0.418. The van der Waals surface area contributed by atoms with E-state index in [0.29, 0.717) is 0 Å². The van der Waals surface area contributed by atoms with E-state index in [2.05, 4.69) is 123 Å². The number of rotatable bonds is 39. The molecule has 0 fully saturated rings. The molecule has 0 spiro atoms. The summed E-state index contributed by atoms with van der Waals surface area (Å²) in [4.78, 5) is 0. The highest BCUT2D eigenvalue weighted by atomic mass is 31.2. The van der Waals surface area contributed by atoms with Crippen molar-refractivity contribution in [2.75, 3.05) is 38.9 Å². The van der Waals surface area contributed by atoms with E-state index in [1.54, 1.807) is 0 Å². The van der Waals surface area contributed by atoms with Gasteiger partial charge in [-0.1, -0.05) is 229 Å². The third kappa shape index (κ3) is 18.6. The van der Waals surface area contributed by atoms with Crippen molar-refractivity contribution in [2.45, 2.75) is 194 Å². The standard InChI is InChI=1S/C60H94O2P2/c1-5-7-9-11-13-15-17-19-21-23-25-27-29-41-51-63(55-43-33-31-34-44-55,59-49-39-37-47-57(59)61-3)53-54-64(56-45-35-32-36-46-56,60-50-40-38-48-58(60)62-4)52-42-30-28-26-24-22-20-18-16-14-12-10-8-6-2/h31-40,43-50H,5-30,41-42,51-54H2,1-4H3/q+2. The molecule has 0 heterocycles. The monoisotopic (exact) mass is 909 g/mol. The van der Waals surface area contributed by atoms with Crippen LogP contribution in [0.3, 0.4) is 0 Å². The summed E-state index contributed by atoms with van der Waals surface area (Å²) >= 11 is 0. The molecule has 0 N–H and O–H groups in total. The molecule has 2 nitrogen and oxygen atoms in total. The Morgan fingerprint density at radius 1 is 0.281 bits per heavy atom. The van der Waals surface area contributed by atoms with Gasteiger partial charge in [0.1, 0.15) is 22.9 Å². The van der Waals surface area contributed by atoms with Gasteiger partial charge in [-0.2, -0.15) is 0 Å². The molecule has 0 saturated heterocycles. The first-order valence-electron chi connectivity index (χ1n) is 26.8. The van der Waals surface area contributed by atoms with Crippen molar-refractivity contribution < 1.29 is 9.47 Å². The molecule has 0 saturated carbocycles. The second-order valence-corrected chi connectivity index (χ2v) is 26.7. The molecule has 2 atom stereocenters. The minimum atomic E-state index is -1.91. The maximum absolute atomic E-state index is 6.31. The summed E-state index contributed by atoms with van der Waals surface area (Å²) < 4.78 is 12.6. The fourth-order valence-electron chi connectivity index (χ4n) is 10.4. The van der Waals surface area contributed by atoms with E-state index < -0.39 is 14.5 Å². The van der Waals surface area contributed by atoms with Crippen molar-refractivity contribution in [2.24, 2.45) is 0 Å². The van der Waals surface area contributed by atoms with Crippen molar-refractivity contribution in [1.29, 1.82) is 0 Å². The van der Waals surface area contributed by atoms with Gasteiger partial charge in [0.25, 0.3) is 0 Å². The van der Waals surface area contributed by atoms with Crippen LogP contribution in [0.1, 0.15) is 194 Å². The first kappa shape index (κ1) is 54.0. The molecule has 4 heteroatoms. The molecule has 0 aromatic heterocycles. The number of unbranched alkanes of at least 4 members (excludes halogenated alkanes) is 26. The van der Waals surface area contributed by atoms with E-state index in [9.17, 15) is 0 Å². The van der Waals surface area contributed by atoms with E-state index in [4.69, 9.17) is 9.47 Å². The fourth-order valence-corrected chi connectivity index (χ4v) is 21.0. The number of hydrogen-bond donors (Lipinski definition) is 0. The van der Waals surface area contributed by atoms with Crippen molar-refractivity contribution in [3.8, 4) is 11.5 Å². The van der Waals surface area contributed by atoms with E-state index in [0.717, 1.165) is 11.5 Å². The van der Waals surface area contributed by atoms with Gasteiger partial charge in [-0.15, -0.1) is 0 Å². The highest BCUT2D eigenvalue weighted by Gasteiger charge is 2.51. The summed E-state index contributed by atoms with van der Waals surface area (Å²) in [5.41, 5.74) is 0. The molecule has 0 amide bonds. The Bertz CT molecular complexity index is 1580. The lowest BCUT2D eigenvalue weighted by atomic mass is 10.0. The summed E-state index contributed by atoms with van der Waals surface area (Å²) in [5.74, 6) is 2.14. The number of hydrogen-bond acceptors (Lipinski definition) is 2. The fraction of sp³-hybridized carbons (Fsp3) is 0.600. The van der Waals surface area contributed by atoms with Crippen LogP contribution in [0.5, 0.6) is 11.5 Å². The molecule has 2 unspecified atom stereocenters. The second kappa shape index (κ2) is 33.8. The molecule has 4 rings (SSSR count). The summed E-state index contributed by atoms with van der Waals surface area (Å²) in [6.07, 6.45) is 43.7. The first-order valence-corrected chi connectivity index (χ1v) is 31.1. The molecule has 0 aliphatic heterocycles. The van der Waals surface area contributed by atoms with Gasteiger partial charge in [0.15, 0.2) is 11.5 Å². The summed E-state index contributed by atoms with van der Waals surface area (Å²) in [5, 5.41) is 6.00. The molecular formula is C60H94O2P2+2. The maximum Gasteiger partial charge on any atom is 0.161 e. The van der Waals surface area contributed by atoms with Crippen LogP contribution in [-0.2, 0) is 0 Å². The number of para-hydroxylation sites is 2. The van der Waals surface area contributed by atoms with Gasteiger partial charge < -0.3 is 9.47 Å². The number of ether oxygens (including phenoxy) is 2. The molecule has 4 aromatic rings. The molecule has 4 aromatic carbocycles. The summed E-state index contributed by atoms with van der Waals surface area (Å²) in [6, 6.07) is 41.6. The Hall–Kier alpha value is -2.66. The van der Waals surface area contributed by atoms with Crippen LogP contribution >= 0.6 is 14.5 Å². The molecule has 354 valence electrons. The van der Waals surface area contributed by atoms with Crippen LogP contribution in [0.25, 0.3) is 0 Å². The molecule has 0 radical (unpaired) electrons. The van der Waals surface area contributed by atoms with Crippen molar-refractivity contribution in [1.82, 2.24) is 0 Å². The predicted octanol–water partition coefficient (Wildman–Crippen LogP) is 17.3. The molecule has 0 aliphatic carbocycles. The van der Waals surface area contributed by atoms with Gasteiger partial charge in [0.2, 0.25) is 0 Å². The molecule has 0 bridgehead atoms. The molecular weight excluding hydrogens is 815 g/mol. The minimum Gasteiger partial charge on any atom is -0.493 e. The van der Waals surface area contributed by atoms with Crippen LogP contribution in [0.2, 0.25) is 0 Å². The van der Waals surface area contributed by atoms with Gasteiger partial charge in [0.05, 0.1) is 51.7 Å². The number of benzene rings is 4. The Morgan fingerprint density at radius 3 is 0.812 bits per heavy atom. The van der Waals surface area contributed by atoms with Crippen LogP contribution in [0.4, 0.5) is 0 Å². The quantitative estimate of drug-likeness (QED) is 0.0328. The Balaban J connectivity index is 1.52. The number of methoxy groups -OCH3 is 2. The van der Waals surface area contributed by atoms with Gasteiger partial charge >= 0.3 is 0 Å². The van der Waals surface area contributed by atoms with E-state index in [-0.39, 0.29) is 0 Å². The largest absolute Gasteiger partial charge is 0.493 e. The van der Waals surface area contributed by atoms with E-state index in [1.165, 1.54) is 226 Å². The zero-order valence-electron chi connectivity index (χ0n) is 41.7.